The Labute approximate surface area is 126 Å². The van der Waals surface area contributed by atoms with Crippen LogP contribution in [0.2, 0.25) is 0 Å². The fourth-order valence-corrected chi connectivity index (χ4v) is 2.78. The van der Waals surface area contributed by atoms with Gasteiger partial charge < -0.3 is 9.32 Å². The van der Waals surface area contributed by atoms with E-state index in [-0.39, 0.29) is 5.91 Å². The van der Waals surface area contributed by atoms with E-state index >= 15 is 0 Å². The van der Waals surface area contributed by atoms with Crippen molar-refractivity contribution in [3.05, 3.63) is 76.6 Å². The van der Waals surface area contributed by atoms with E-state index in [2.05, 4.69) is 4.98 Å². The fraction of sp³-hybridized carbons (Fsp3) is 0.125. The first kappa shape index (κ1) is 13.6. The number of hydrogen-bond donors (Lipinski definition) is 0. The van der Waals surface area contributed by atoms with Gasteiger partial charge in [-0.3, -0.25) is 9.78 Å². The summed E-state index contributed by atoms with van der Waals surface area (Å²) < 4.78 is 5.09. The van der Waals surface area contributed by atoms with Crippen LogP contribution in [-0.4, -0.2) is 15.8 Å². The molecule has 0 bridgehead atoms. The van der Waals surface area contributed by atoms with Gasteiger partial charge in [-0.1, -0.05) is 6.07 Å². The Kier molecular flexibility index (Phi) is 4.12. The molecule has 0 N–H and O–H groups in total. The number of pyridine rings is 1. The third kappa shape index (κ3) is 3.38. The summed E-state index contributed by atoms with van der Waals surface area (Å²) in [4.78, 5) is 19.6. The van der Waals surface area contributed by atoms with Gasteiger partial charge in [0.05, 0.1) is 24.6 Å². The first-order valence-electron chi connectivity index (χ1n) is 6.55. The van der Waals surface area contributed by atoms with Gasteiger partial charge in [0.25, 0.3) is 5.91 Å². The largest absolute Gasteiger partial charge is 0.472 e. The van der Waals surface area contributed by atoms with Gasteiger partial charge in [-0.25, -0.2) is 0 Å². The number of hydrogen-bond acceptors (Lipinski definition) is 4. The highest BCUT2D eigenvalue weighted by Crippen LogP contribution is 2.17. The summed E-state index contributed by atoms with van der Waals surface area (Å²) in [6.07, 6.45) is 6.54. The van der Waals surface area contributed by atoms with Crippen LogP contribution in [0.3, 0.4) is 0 Å². The van der Waals surface area contributed by atoms with Crippen LogP contribution in [-0.2, 0) is 13.1 Å². The lowest BCUT2D eigenvalue weighted by Gasteiger charge is -2.21. The van der Waals surface area contributed by atoms with E-state index in [0.717, 1.165) is 10.4 Å². The Morgan fingerprint density at radius 3 is 2.86 bits per heavy atom. The summed E-state index contributed by atoms with van der Waals surface area (Å²) in [6, 6.07) is 9.45. The van der Waals surface area contributed by atoms with Gasteiger partial charge in [0.15, 0.2) is 0 Å². The van der Waals surface area contributed by atoms with Crippen molar-refractivity contribution in [3.63, 3.8) is 0 Å². The lowest BCUT2D eigenvalue weighted by atomic mass is 10.2. The zero-order chi connectivity index (χ0) is 14.5. The summed E-state index contributed by atoms with van der Waals surface area (Å²) >= 11 is 1.64. The van der Waals surface area contributed by atoms with Crippen molar-refractivity contribution in [3.8, 4) is 0 Å². The fourth-order valence-electron chi connectivity index (χ4n) is 2.07. The maximum absolute atomic E-state index is 12.7. The Bertz CT molecular complexity index is 642. The Balaban J connectivity index is 1.82. The standard InChI is InChI=1S/C16H14N2O2S/c19-16(14-3-1-6-17-9-14)18(10-13-5-7-20-12-13)11-15-4-2-8-21-15/h1-9,12H,10-11H2. The van der Waals surface area contributed by atoms with Crippen LogP contribution in [0.25, 0.3) is 0 Å². The molecule has 0 saturated carbocycles. The first-order valence-corrected chi connectivity index (χ1v) is 7.43. The molecule has 0 unspecified atom stereocenters. The topological polar surface area (TPSA) is 46.3 Å². The van der Waals surface area contributed by atoms with Crippen molar-refractivity contribution < 1.29 is 9.21 Å². The molecule has 3 aromatic heterocycles. The average Bonchev–Trinajstić information content (AvgIpc) is 3.20. The Hall–Kier alpha value is -2.40. The van der Waals surface area contributed by atoms with Crippen molar-refractivity contribution in [1.82, 2.24) is 9.88 Å². The molecule has 3 rings (SSSR count). The van der Waals surface area contributed by atoms with Gasteiger partial charge in [0.2, 0.25) is 0 Å². The molecule has 3 heterocycles. The lowest BCUT2D eigenvalue weighted by molar-refractivity contribution is 0.0731. The minimum absolute atomic E-state index is 0.0299. The molecule has 0 spiro atoms. The second-order valence-electron chi connectivity index (χ2n) is 4.61. The van der Waals surface area contributed by atoms with Crippen molar-refractivity contribution in [2.75, 3.05) is 0 Å². The SMILES string of the molecule is O=C(c1cccnc1)N(Cc1ccoc1)Cc1cccs1. The zero-order valence-electron chi connectivity index (χ0n) is 11.3. The third-order valence-corrected chi connectivity index (χ3v) is 3.94. The van der Waals surface area contributed by atoms with Crippen molar-refractivity contribution in [2.24, 2.45) is 0 Å². The number of nitrogens with zero attached hydrogens (tertiary/aromatic N) is 2. The molecular weight excluding hydrogens is 284 g/mol. The molecular formula is C16H14N2O2S. The zero-order valence-corrected chi connectivity index (χ0v) is 12.1. The number of furan rings is 1. The highest BCUT2D eigenvalue weighted by atomic mass is 32.1. The van der Waals surface area contributed by atoms with Crippen LogP contribution in [0.4, 0.5) is 0 Å². The molecule has 0 aromatic carbocycles. The molecule has 1 amide bonds. The molecule has 0 aliphatic heterocycles. The summed E-state index contributed by atoms with van der Waals surface area (Å²) in [5, 5.41) is 2.01. The van der Waals surface area contributed by atoms with E-state index in [1.165, 1.54) is 0 Å². The molecule has 0 atom stereocenters. The van der Waals surface area contributed by atoms with Crippen LogP contribution >= 0.6 is 11.3 Å². The van der Waals surface area contributed by atoms with Gasteiger partial charge in [-0.15, -0.1) is 11.3 Å². The average molecular weight is 298 g/mol. The van der Waals surface area contributed by atoms with E-state index < -0.39 is 0 Å². The molecule has 0 fully saturated rings. The lowest BCUT2D eigenvalue weighted by Crippen LogP contribution is -2.29. The highest BCUT2D eigenvalue weighted by molar-refractivity contribution is 7.09. The maximum atomic E-state index is 12.7. The number of rotatable bonds is 5. The number of carbonyl (C=O) groups excluding carboxylic acids is 1. The minimum atomic E-state index is -0.0299. The van der Waals surface area contributed by atoms with Gasteiger partial charge >= 0.3 is 0 Å². The number of amides is 1. The van der Waals surface area contributed by atoms with Crippen LogP contribution in [0.15, 0.2) is 65.0 Å². The van der Waals surface area contributed by atoms with Crippen molar-refractivity contribution >= 4 is 17.2 Å². The van der Waals surface area contributed by atoms with Crippen LogP contribution in [0, 0.1) is 0 Å². The highest BCUT2D eigenvalue weighted by Gasteiger charge is 2.17. The van der Waals surface area contributed by atoms with E-state index in [0.29, 0.717) is 18.7 Å². The second-order valence-corrected chi connectivity index (χ2v) is 5.65. The number of carbonyl (C=O) groups is 1. The van der Waals surface area contributed by atoms with Gasteiger partial charge in [0, 0.05) is 29.4 Å². The Morgan fingerprint density at radius 2 is 2.19 bits per heavy atom. The van der Waals surface area contributed by atoms with Gasteiger partial charge in [-0.05, 0) is 29.6 Å². The Morgan fingerprint density at radius 1 is 1.24 bits per heavy atom. The summed E-state index contributed by atoms with van der Waals surface area (Å²) in [6.45, 7) is 1.10. The predicted molar refractivity (Wildman–Crippen MR) is 80.8 cm³/mol. The summed E-state index contributed by atoms with van der Waals surface area (Å²) in [5.74, 6) is -0.0299. The quantitative estimate of drug-likeness (QED) is 0.723. The number of thiophene rings is 1. The van der Waals surface area contributed by atoms with E-state index in [4.69, 9.17) is 4.42 Å². The predicted octanol–water partition coefficient (Wildman–Crippen LogP) is 3.58. The number of aromatic nitrogens is 1. The molecule has 0 saturated heterocycles. The molecule has 0 radical (unpaired) electrons. The molecule has 0 aliphatic rings. The summed E-state index contributed by atoms with van der Waals surface area (Å²) in [5.41, 5.74) is 1.57. The molecule has 5 heteroatoms. The minimum Gasteiger partial charge on any atom is -0.472 e. The van der Waals surface area contributed by atoms with Gasteiger partial charge in [0.1, 0.15) is 0 Å². The molecule has 21 heavy (non-hydrogen) atoms. The van der Waals surface area contributed by atoms with Crippen molar-refractivity contribution in [1.29, 1.82) is 0 Å². The monoisotopic (exact) mass is 298 g/mol. The molecule has 106 valence electrons. The van der Waals surface area contributed by atoms with Crippen LogP contribution in [0.1, 0.15) is 20.8 Å². The van der Waals surface area contributed by atoms with Crippen LogP contribution < -0.4 is 0 Å². The maximum Gasteiger partial charge on any atom is 0.256 e. The van der Waals surface area contributed by atoms with Gasteiger partial charge in [-0.2, -0.15) is 0 Å². The summed E-state index contributed by atoms with van der Waals surface area (Å²) in [7, 11) is 0. The first-order chi connectivity index (χ1) is 10.3. The molecule has 0 aliphatic carbocycles. The van der Waals surface area contributed by atoms with E-state index in [9.17, 15) is 4.79 Å². The molecule has 3 aromatic rings. The van der Waals surface area contributed by atoms with Crippen LogP contribution in [0.5, 0.6) is 0 Å². The second kappa shape index (κ2) is 6.37. The van der Waals surface area contributed by atoms with E-state index in [1.807, 2.05) is 23.6 Å². The normalized spacial score (nSPS) is 10.5. The molecule has 4 nitrogen and oxygen atoms in total. The van der Waals surface area contributed by atoms with E-state index in [1.54, 1.807) is 53.3 Å². The smallest absolute Gasteiger partial charge is 0.256 e. The van der Waals surface area contributed by atoms with Crippen molar-refractivity contribution in [2.45, 2.75) is 13.1 Å². The third-order valence-electron chi connectivity index (χ3n) is 3.08.